The number of hydrogen-bond donors (Lipinski definition) is 0. The molecule has 16 heavy (non-hydrogen) atoms. The van der Waals surface area contributed by atoms with Crippen LogP contribution in [0.3, 0.4) is 0 Å². The molecule has 0 saturated heterocycles. The molecule has 0 bridgehead atoms. The van der Waals surface area contributed by atoms with Gasteiger partial charge in [0.05, 0.1) is 0 Å². The van der Waals surface area contributed by atoms with Crippen LogP contribution in [0.25, 0.3) is 0 Å². The molecule has 0 heterocycles. The third kappa shape index (κ3) is 3.10. The van der Waals surface area contributed by atoms with Crippen molar-refractivity contribution in [3.8, 4) is 0 Å². The molecule has 2 rings (SSSR count). The lowest BCUT2D eigenvalue weighted by Gasteiger charge is -2.11. The largest absolute Gasteiger partial charge is 0.103 e. The van der Waals surface area contributed by atoms with Crippen LogP contribution in [0, 0.1) is 5.92 Å². The SMILES string of the molecule is C=CC1CCC=C(C2=CCCCCC2)CC1. The maximum absolute atomic E-state index is 3.94. The molecule has 2 aliphatic rings. The van der Waals surface area contributed by atoms with Crippen LogP contribution in [0.15, 0.2) is 36.0 Å². The lowest BCUT2D eigenvalue weighted by Crippen LogP contribution is -1.94. The monoisotopic (exact) mass is 216 g/mol. The first-order chi connectivity index (χ1) is 7.90. The Hall–Kier alpha value is -0.780. The number of allylic oxidation sites excluding steroid dienone is 5. The summed E-state index contributed by atoms with van der Waals surface area (Å²) in [5.74, 6) is 0.750. The Labute approximate surface area is 100 Å². The van der Waals surface area contributed by atoms with E-state index in [0.717, 1.165) is 5.92 Å². The fourth-order valence-electron chi connectivity index (χ4n) is 2.89. The fraction of sp³-hybridized carbons (Fsp3) is 0.625. The Balaban J connectivity index is 2.00. The predicted molar refractivity (Wildman–Crippen MR) is 71.4 cm³/mol. The second-order valence-corrected chi connectivity index (χ2v) is 5.17. The van der Waals surface area contributed by atoms with Gasteiger partial charge in [-0.15, -0.1) is 6.58 Å². The topological polar surface area (TPSA) is 0 Å². The maximum Gasteiger partial charge on any atom is -0.0230 e. The van der Waals surface area contributed by atoms with Gasteiger partial charge in [-0.05, 0) is 68.4 Å². The van der Waals surface area contributed by atoms with Gasteiger partial charge in [0, 0.05) is 0 Å². The molecule has 0 radical (unpaired) electrons. The second-order valence-electron chi connectivity index (χ2n) is 5.17. The van der Waals surface area contributed by atoms with Crippen LogP contribution < -0.4 is 0 Å². The van der Waals surface area contributed by atoms with E-state index in [1.807, 2.05) is 0 Å². The Morgan fingerprint density at radius 2 is 1.75 bits per heavy atom. The smallest absolute Gasteiger partial charge is 0.0230 e. The highest BCUT2D eigenvalue weighted by Gasteiger charge is 2.13. The summed E-state index contributed by atoms with van der Waals surface area (Å²) in [6.07, 6.45) is 19.1. The molecule has 0 amide bonds. The van der Waals surface area contributed by atoms with Gasteiger partial charge in [0.1, 0.15) is 0 Å². The Kier molecular flexibility index (Phi) is 4.44. The van der Waals surface area contributed by atoms with Crippen LogP contribution in [-0.4, -0.2) is 0 Å². The summed E-state index contributed by atoms with van der Waals surface area (Å²) < 4.78 is 0. The molecule has 0 heteroatoms. The number of rotatable bonds is 2. The summed E-state index contributed by atoms with van der Waals surface area (Å²) in [6.45, 7) is 3.94. The van der Waals surface area contributed by atoms with Crippen LogP contribution in [0.5, 0.6) is 0 Å². The molecular weight excluding hydrogens is 192 g/mol. The second kappa shape index (κ2) is 6.08. The fourth-order valence-corrected chi connectivity index (χ4v) is 2.89. The molecule has 1 unspecified atom stereocenters. The molecular formula is C16H24. The molecule has 2 aliphatic carbocycles. The van der Waals surface area contributed by atoms with E-state index in [4.69, 9.17) is 0 Å². The Morgan fingerprint density at radius 1 is 0.938 bits per heavy atom. The molecule has 0 saturated carbocycles. The Morgan fingerprint density at radius 3 is 2.62 bits per heavy atom. The summed E-state index contributed by atoms with van der Waals surface area (Å²) >= 11 is 0. The highest BCUT2D eigenvalue weighted by atomic mass is 14.2. The zero-order chi connectivity index (χ0) is 11.2. The van der Waals surface area contributed by atoms with Crippen molar-refractivity contribution in [3.05, 3.63) is 36.0 Å². The normalized spacial score (nSPS) is 27.4. The standard InChI is InChI=1S/C16H24/c1-2-14-8-7-11-16(13-12-14)15-9-5-3-4-6-10-15/h2,9,11,14H,1,3-8,10,12-13H2. The van der Waals surface area contributed by atoms with E-state index < -0.39 is 0 Å². The van der Waals surface area contributed by atoms with E-state index in [9.17, 15) is 0 Å². The van der Waals surface area contributed by atoms with E-state index in [0.29, 0.717) is 0 Å². The highest BCUT2D eigenvalue weighted by Crippen LogP contribution is 2.31. The molecule has 0 aromatic heterocycles. The maximum atomic E-state index is 3.94. The van der Waals surface area contributed by atoms with E-state index in [1.54, 1.807) is 11.1 Å². The predicted octanol–water partition coefficient (Wildman–Crippen LogP) is 5.18. The van der Waals surface area contributed by atoms with Gasteiger partial charge in [-0.25, -0.2) is 0 Å². The minimum absolute atomic E-state index is 0.750. The lowest BCUT2D eigenvalue weighted by molar-refractivity contribution is 0.567. The van der Waals surface area contributed by atoms with Crippen LogP contribution >= 0.6 is 0 Å². The molecule has 0 aromatic rings. The molecule has 0 N–H and O–H groups in total. The zero-order valence-corrected chi connectivity index (χ0v) is 10.4. The van der Waals surface area contributed by atoms with Crippen LogP contribution in [0.4, 0.5) is 0 Å². The van der Waals surface area contributed by atoms with E-state index >= 15 is 0 Å². The van der Waals surface area contributed by atoms with Crippen molar-refractivity contribution < 1.29 is 0 Å². The van der Waals surface area contributed by atoms with E-state index in [2.05, 4.69) is 24.8 Å². The molecule has 0 fully saturated rings. The van der Waals surface area contributed by atoms with Crippen molar-refractivity contribution >= 4 is 0 Å². The zero-order valence-electron chi connectivity index (χ0n) is 10.4. The van der Waals surface area contributed by atoms with Crippen LogP contribution in [-0.2, 0) is 0 Å². The van der Waals surface area contributed by atoms with Gasteiger partial charge in [0.25, 0.3) is 0 Å². The van der Waals surface area contributed by atoms with Crippen molar-refractivity contribution in [1.29, 1.82) is 0 Å². The summed E-state index contributed by atoms with van der Waals surface area (Å²) in [4.78, 5) is 0. The molecule has 0 aliphatic heterocycles. The van der Waals surface area contributed by atoms with E-state index in [-0.39, 0.29) is 0 Å². The molecule has 0 nitrogen and oxygen atoms in total. The molecule has 1 atom stereocenters. The first-order valence-electron chi connectivity index (χ1n) is 6.91. The third-order valence-electron chi connectivity index (χ3n) is 4.00. The van der Waals surface area contributed by atoms with Crippen molar-refractivity contribution in [2.24, 2.45) is 5.92 Å². The minimum atomic E-state index is 0.750. The van der Waals surface area contributed by atoms with Crippen molar-refractivity contribution in [2.75, 3.05) is 0 Å². The third-order valence-corrected chi connectivity index (χ3v) is 4.00. The van der Waals surface area contributed by atoms with Gasteiger partial charge in [0.2, 0.25) is 0 Å². The quantitative estimate of drug-likeness (QED) is 0.558. The highest BCUT2D eigenvalue weighted by molar-refractivity contribution is 5.32. The number of hydrogen-bond acceptors (Lipinski definition) is 0. The Bertz CT molecular complexity index is 293. The average molecular weight is 216 g/mol. The van der Waals surface area contributed by atoms with Gasteiger partial charge in [0.15, 0.2) is 0 Å². The van der Waals surface area contributed by atoms with Crippen LogP contribution in [0.1, 0.15) is 57.8 Å². The van der Waals surface area contributed by atoms with Gasteiger partial charge in [-0.3, -0.25) is 0 Å². The van der Waals surface area contributed by atoms with Gasteiger partial charge >= 0.3 is 0 Å². The van der Waals surface area contributed by atoms with Crippen molar-refractivity contribution in [3.63, 3.8) is 0 Å². The van der Waals surface area contributed by atoms with Gasteiger partial charge in [-0.2, -0.15) is 0 Å². The minimum Gasteiger partial charge on any atom is -0.103 e. The van der Waals surface area contributed by atoms with Crippen LogP contribution in [0.2, 0.25) is 0 Å². The summed E-state index contributed by atoms with van der Waals surface area (Å²) in [5.41, 5.74) is 3.33. The van der Waals surface area contributed by atoms with Gasteiger partial charge in [-0.1, -0.05) is 24.6 Å². The average Bonchev–Trinajstić information content (AvgIpc) is 2.71. The summed E-state index contributed by atoms with van der Waals surface area (Å²) in [6, 6.07) is 0. The van der Waals surface area contributed by atoms with Crippen molar-refractivity contribution in [2.45, 2.75) is 57.8 Å². The van der Waals surface area contributed by atoms with Crippen molar-refractivity contribution in [1.82, 2.24) is 0 Å². The first kappa shape index (κ1) is 11.7. The molecule has 0 spiro atoms. The lowest BCUT2D eigenvalue weighted by atomic mass is 9.95. The summed E-state index contributed by atoms with van der Waals surface area (Å²) in [7, 11) is 0. The summed E-state index contributed by atoms with van der Waals surface area (Å²) in [5, 5.41) is 0. The van der Waals surface area contributed by atoms with E-state index in [1.165, 1.54) is 57.8 Å². The van der Waals surface area contributed by atoms with Gasteiger partial charge < -0.3 is 0 Å². The first-order valence-corrected chi connectivity index (χ1v) is 6.91. The molecule has 0 aromatic carbocycles. The molecule has 88 valence electrons.